The first-order chi connectivity index (χ1) is 6.95. The van der Waals surface area contributed by atoms with Gasteiger partial charge in [-0.05, 0) is 12.3 Å². The summed E-state index contributed by atoms with van der Waals surface area (Å²) >= 11 is 0. The average Bonchev–Trinajstić information content (AvgIpc) is 2.39. The number of aliphatic hydroxyl groups is 1. The van der Waals surface area contributed by atoms with Crippen molar-refractivity contribution in [2.75, 3.05) is 13.1 Å². The van der Waals surface area contributed by atoms with E-state index in [4.69, 9.17) is 7.98 Å². The lowest BCUT2D eigenvalue weighted by Crippen LogP contribution is -2.64. The van der Waals surface area contributed by atoms with Crippen molar-refractivity contribution in [3.63, 3.8) is 0 Å². The van der Waals surface area contributed by atoms with Crippen LogP contribution < -0.4 is 0 Å². The molecule has 2 bridgehead atoms. The number of hydrogen-bond donors (Lipinski definition) is 1. The van der Waals surface area contributed by atoms with E-state index in [1.807, 2.05) is 0 Å². The van der Waals surface area contributed by atoms with E-state index in [1.165, 1.54) is 6.42 Å². The van der Waals surface area contributed by atoms with Crippen LogP contribution in [-0.2, 0) is 0 Å². The third kappa shape index (κ3) is 1.20. The molecule has 0 aromatic heterocycles. The molecule has 2 heterocycles. The molecule has 0 amide bonds. The van der Waals surface area contributed by atoms with Gasteiger partial charge in [0.15, 0.2) is 0 Å². The lowest BCUT2D eigenvalue weighted by atomic mass is 9.61. The molecule has 3 rings (SSSR count). The Morgan fingerprint density at radius 2 is 2.20 bits per heavy atom. The molecule has 1 unspecified atom stereocenters. The molecule has 0 aromatic carbocycles. The maximum absolute atomic E-state index is 10.2. The van der Waals surface area contributed by atoms with Crippen LogP contribution in [0.15, 0.2) is 0 Å². The highest BCUT2D eigenvalue weighted by molar-refractivity contribution is 5.97. The molecule has 2 aliphatic heterocycles. The Hall–Kier alpha value is -0.0151. The van der Waals surface area contributed by atoms with Crippen LogP contribution in [0.2, 0.25) is 0 Å². The molecule has 3 fully saturated rings. The van der Waals surface area contributed by atoms with Crippen LogP contribution in [0.1, 0.15) is 33.1 Å². The lowest BCUT2D eigenvalue weighted by Gasteiger charge is -2.63. The van der Waals surface area contributed by atoms with Gasteiger partial charge in [0.05, 0.1) is 6.10 Å². The number of aliphatic hydroxyl groups excluding tert-OH is 1. The number of hydrogen-bond acceptors (Lipinski definition) is 1. The van der Waals surface area contributed by atoms with E-state index in [-0.39, 0.29) is 6.10 Å². The van der Waals surface area contributed by atoms with Crippen LogP contribution in [0, 0.1) is 17.3 Å². The van der Waals surface area contributed by atoms with Crippen LogP contribution in [0.4, 0.5) is 0 Å². The first-order valence-electron chi connectivity index (χ1n) is 6.28. The summed E-state index contributed by atoms with van der Waals surface area (Å²) in [5.74, 6) is 1.10. The number of quaternary nitrogens is 1. The van der Waals surface area contributed by atoms with E-state index < -0.39 is 0 Å². The Bertz CT molecular complexity index is 271. The molecular formula is C12H21BNO. The number of fused-ring (bicyclic) bond motifs is 1. The molecule has 1 saturated carbocycles. The molecule has 6 atom stereocenters. The highest BCUT2D eigenvalue weighted by Crippen LogP contribution is 2.55. The maximum Gasteiger partial charge on any atom is 0.0582 e. The predicted molar refractivity (Wildman–Crippen MR) is 60.2 cm³/mol. The minimum absolute atomic E-state index is 0.0758. The molecule has 2 nitrogen and oxygen atoms in total. The number of rotatable bonds is 0. The van der Waals surface area contributed by atoms with Crippen molar-refractivity contribution in [3.8, 4) is 0 Å². The van der Waals surface area contributed by atoms with E-state index in [9.17, 15) is 5.11 Å². The summed E-state index contributed by atoms with van der Waals surface area (Å²) in [5.41, 5.74) is 0.310. The number of nitrogens with zero attached hydrogens (tertiary/aromatic N) is 1. The van der Waals surface area contributed by atoms with Gasteiger partial charge in [0, 0.05) is 43.3 Å². The van der Waals surface area contributed by atoms with Gasteiger partial charge in [-0.25, -0.2) is 7.98 Å². The van der Waals surface area contributed by atoms with Crippen molar-refractivity contribution in [3.05, 3.63) is 0 Å². The average molecular weight is 206 g/mol. The van der Waals surface area contributed by atoms with Crippen molar-refractivity contribution < 1.29 is 9.50 Å². The summed E-state index contributed by atoms with van der Waals surface area (Å²) in [5, 5.41) is 10.2. The van der Waals surface area contributed by atoms with Crippen LogP contribution in [-0.4, -0.2) is 42.7 Å². The molecule has 83 valence electrons. The fourth-order valence-corrected chi connectivity index (χ4v) is 4.68. The van der Waals surface area contributed by atoms with Crippen molar-refractivity contribution in [1.82, 2.24) is 0 Å². The maximum atomic E-state index is 10.2. The topological polar surface area (TPSA) is 20.2 Å². The predicted octanol–water partition coefficient (Wildman–Crippen LogP) is 1.09. The van der Waals surface area contributed by atoms with E-state index in [2.05, 4.69) is 13.8 Å². The third-order valence-corrected chi connectivity index (χ3v) is 5.55. The van der Waals surface area contributed by atoms with Gasteiger partial charge in [-0.2, -0.15) is 0 Å². The molecule has 3 aliphatic rings. The largest absolute Gasteiger partial charge is 0.585 e. The Labute approximate surface area is 93.7 Å². The van der Waals surface area contributed by atoms with E-state index in [0.717, 1.165) is 30.3 Å². The van der Waals surface area contributed by atoms with Gasteiger partial charge in [0.1, 0.15) is 0 Å². The zero-order valence-corrected chi connectivity index (χ0v) is 9.82. The SMILES string of the molecule is [B-][N+]12CC[C@@]3(C)C[C@@H](O)[C@H](C[C@H]31)[C@@H](C)C2. The molecular weight excluding hydrogens is 185 g/mol. The molecule has 3 heteroatoms. The van der Waals surface area contributed by atoms with Gasteiger partial charge in [-0.15, -0.1) is 0 Å². The van der Waals surface area contributed by atoms with Crippen LogP contribution in [0.5, 0.6) is 0 Å². The second kappa shape index (κ2) is 2.81. The first kappa shape index (κ1) is 10.2. The Morgan fingerprint density at radius 3 is 2.93 bits per heavy atom. The normalized spacial score (nSPS) is 63.2. The molecule has 15 heavy (non-hydrogen) atoms. The molecule has 2 saturated heterocycles. The van der Waals surface area contributed by atoms with Crippen molar-refractivity contribution in [2.45, 2.75) is 45.3 Å². The van der Waals surface area contributed by atoms with Gasteiger partial charge < -0.3 is 9.50 Å². The first-order valence-corrected chi connectivity index (χ1v) is 6.28. The van der Waals surface area contributed by atoms with Crippen molar-refractivity contribution in [2.24, 2.45) is 17.3 Å². The standard InChI is InChI=1S/C12H21BNO/c1-8-7-14(13)4-3-12(2)6-10(15)9(8)5-11(12)14/h8-11,15H,3-7H2,1-2H3/t8-,9+,10+,11+,12-,14?/m0/s1. The van der Waals surface area contributed by atoms with Crippen LogP contribution in [0.3, 0.4) is 0 Å². The highest BCUT2D eigenvalue weighted by Gasteiger charge is 2.57. The molecule has 3 radical (unpaired) electrons. The summed E-state index contributed by atoms with van der Waals surface area (Å²) < 4.78 is 0.793. The Morgan fingerprint density at radius 1 is 1.47 bits per heavy atom. The summed E-state index contributed by atoms with van der Waals surface area (Å²) in [4.78, 5) is 0. The smallest absolute Gasteiger partial charge is 0.0582 e. The zero-order valence-electron chi connectivity index (χ0n) is 9.82. The number of piperidine rings is 1. The molecule has 1 N–H and O–H groups in total. The van der Waals surface area contributed by atoms with Gasteiger partial charge in [0.2, 0.25) is 0 Å². The van der Waals surface area contributed by atoms with Gasteiger partial charge in [-0.3, -0.25) is 0 Å². The quantitative estimate of drug-likeness (QED) is 0.588. The second-order valence-electron chi connectivity index (χ2n) is 6.58. The van der Waals surface area contributed by atoms with E-state index >= 15 is 0 Å². The minimum Gasteiger partial charge on any atom is -0.585 e. The minimum atomic E-state index is -0.0758. The van der Waals surface area contributed by atoms with E-state index in [0.29, 0.717) is 23.3 Å². The van der Waals surface area contributed by atoms with E-state index in [1.54, 1.807) is 0 Å². The monoisotopic (exact) mass is 206 g/mol. The zero-order chi connectivity index (χ0) is 10.8. The Balaban J connectivity index is 2.00. The summed E-state index contributed by atoms with van der Waals surface area (Å²) in [6.45, 7) is 6.78. The highest BCUT2D eigenvalue weighted by atomic mass is 16.3. The van der Waals surface area contributed by atoms with Crippen LogP contribution >= 0.6 is 0 Å². The van der Waals surface area contributed by atoms with Crippen LogP contribution in [0.25, 0.3) is 0 Å². The molecule has 0 spiro atoms. The second-order valence-corrected chi connectivity index (χ2v) is 6.58. The summed E-state index contributed by atoms with van der Waals surface area (Å²) in [6.07, 6.45) is 3.25. The lowest BCUT2D eigenvalue weighted by molar-refractivity contribution is -0.848. The third-order valence-electron chi connectivity index (χ3n) is 5.55. The summed E-state index contributed by atoms with van der Waals surface area (Å²) in [6, 6.07) is 0.613. The fraction of sp³-hybridized carbons (Fsp3) is 1.00. The Kier molecular flexibility index (Phi) is 1.90. The van der Waals surface area contributed by atoms with Gasteiger partial charge in [0.25, 0.3) is 0 Å². The van der Waals surface area contributed by atoms with Gasteiger partial charge >= 0.3 is 0 Å². The fourth-order valence-electron chi connectivity index (χ4n) is 4.68. The van der Waals surface area contributed by atoms with Crippen molar-refractivity contribution >= 4 is 7.98 Å². The van der Waals surface area contributed by atoms with Crippen molar-refractivity contribution in [1.29, 1.82) is 0 Å². The molecule has 0 aromatic rings. The van der Waals surface area contributed by atoms with Gasteiger partial charge in [-0.1, -0.05) is 13.8 Å². The summed E-state index contributed by atoms with van der Waals surface area (Å²) in [7, 11) is 6.53. The molecule has 1 aliphatic carbocycles.